The van der Waals surface area contributed by atoms with Gasteiger partial charge in [-0.2, -0.15) is 0 Å². The van der Waals surface area contributed by atoms with E-state index in [2.05, 4.69) is 9.56 Å². The molecule has 222 valence electrons. The lowest BCUT2D eigenvalue weighted by Crippen LogP contribution is -2.40. The lowest BCUT2D eigenvalue weighted by molar-refractivity contribution is -0.385. The van der Waals surface area contributed by atoms with E-state index < -0.39 is 16.9 Å². The fraction of sp³-hybridized carbons (Fsp3) is 0.182. The van der Waals surface area contributed by atoms with Crippen LogP contribution in [0.3, 0.4) is 0 Å². The highest BCUT2D eigenvalue weighted by atomic mass is 35.5. The Bertz CT molecular complexity index is 2190. The van der Waals surface area contributed by atoms with E-state index in [1.165, 1.54) is 22.0 Å². The summed E-state index contributed by atoms with van der Waals surface area (Å²) in [4.78, 5) is 43.7. The van der Waals surface area contributed by atoms with Crippen molar-refractivity contribution in [2.24, 2.45) is 4.99 Å². The first kappa shape index (κ1) is 29.3. The number of allylic oxidation sites excluding steroid dienone is 1. The third-order valence-electron chi connectivity index (χ3n) is 7.67. The summed E-state index contributed by atoms with van der Waals surface area (Å²) in [5.41, 5.74) is 3.77. The number of benzene rings is 3. The van der Waals surface area contributed by atoms with Gasteiger partial charge in [0.1, 0.15) is 0 Å². The predicted octanol–water partition coefficient (Wildman–Crippen LogP) is 5.67. The van der Waals surface area contributed by atoms with Crippen LogP contribution in [0.5, 0.6) is 0 Å². The highest BCUT2D eigenvalue weighted by molar-refractivity contribution is 7.07. The fourth-order valence-corrected chi connectivity index (χ4v) is 6.81. The van der Waals surface area contributed by atoms with Crippen LogP contribution in [-0.2, 0) is 16.1 Å². The molecule has 3 aromatic carbocycles. The lowest BCUT2D eigenvalue weighted by atomic mass is 9.94. The van der Waals surface area contributed by atoms with Crippen molar-refractivity contribution in [3.8, 4) is 0 Å². The van der Waals surface area contributed by atoms with Gasteiger partial charge in [0.2, 0.25) is 0 Å². The van der Waals surface area contributed by atoms with Crippen molar-refractivity contribution in [3.05, 3.63) is 141 Å². The van der Waals surface area contributed by atoms with Gasteiger partial charge in [-0.3, -0.25) is 19.5 Å². The molecule has 0 amide bonds. The van der Waals surface area contributed by atoms with E-state index in [0.29, 0.717) is 37.7 Å². The van der Waals surface area contributed by atoms with E-state index in [1.54, 1.807) is 32.9 Å². The number of halogens is 1. The molecule has 0 aliphatic carbocycles. The van der Waals surface area contributed by atoms with Crippen molar-refractivity contribution >= 4 is 51.6 Å². The van der Waals surface area contributed by atoms with E-state index >= 15 is 0 Å². The number of nitrogens with zero attached hydrogens (tertiary/aromatic N) is 4. The molecule has 1 aliphatic rings. The summed E-state index contributed by atoms with van der Waals surface area (Å²) < 4.78 is 9.29. The molecule has 0 saturated heterocycles. The minimum atomic E-state index is -0.951. The number of carbonyl (C=O) groups excluding carboxylic acids is 1. The van der Waals surface area contributed by atoms with E-state index in [-0.39, 0.29) is 23.4 Å². The average molecular weight is 627 g/mol. The number of fused-ring (bicyclic) bond motifs is 2. The molecule has 0 radical (unpaired) electrons. The van der Waals surface area contributed by atoms with Crippen LogP contribution in [0, 0.1) is 17.0 Å². The van der Waals surface area contributed by atoms with E-state index in [1.807, 2.05) is 60.8 Å². The number of para-hydroxylation sites is 1. The van der Waals surface area contributed by atoms with Crippen molar-refractivity contribution in [3.63, 3.8) is 0 Å². The Labute approximate surface area is 260 Å². The summed E-state index contributed by atoms with van der Waals surface area (Å²) in [5, 5.41) is 13.4. The second kappa shape index (κ2) is 11.7. The second-order valence-electron chi connectivity index (χ2n) is 10.4. The van der Waals surface area contributed by atoms with Crippen LogP contribution in [0.4, 0.5) is 5.69 Å². The van der Waals surface area contributed by atoms with Crippen LogP contribution >= 0.6 is 22.9 Å². The molecule has 0 spiro atoms. The standard InChI is InChI=1S/C33H27ClN4O5S/c1-4-43-32(40)29-20(3)35-33-37(30(29)21-14-13-19(2)27(15-21)38(41)42)31(39)28(44-33)16-23-18-36(26-12-8-6-10-24(23)26)17-22-9-5-7-11-25(22)34/h5-16,18,30H,4,17H2,1-3H3/b28-16+/t30-/m0/s1. The summed E-state index contributed by atoms with van der Waals surface area (Å²) >= 11 is 7.66. The van der Waals surface area contributed by atoms with Crippen molar-refractivity contribution in [2.45, 2.75) is 33.4 Å². The van der Waals surface area contributed by atoms with Crippen molar-refractivity contribution in [2.75, 3.05) is 6.61 Å². The summed E-state index contributed by atoms with van der Waals surface area (Å²) in [6.07, 6.45) is 3.82. The van der Waals surface area contributed by atoms with Gasteiger partial charge in [0.25, 0.3) is 11.2 Å². The second-order valence-corrected chi connectivity index (χ2v) is 11.8. The van der Waals surface area contributed by atoms with Crippen LogP contribution < -0.4 is 14.9 Å². The molecule has 0 unspecified atom stereocenters. The van der Waals surface area contributed by atoms with Gasteiger partial charge in [0.05, 0.1) is 33.4 Å². The van der Waals surface area contributed by atoms with Crippen LogP contribution in [0.2, 0.25) is 5.02 Å². The van der Waals surface area contributed by atoms with Gasteiger partial charge in [-0.1, -0.05) is 71.5 Å². The molecule has 1 atom stereocenters. The number of rotatable bonds is 7. The van der Waals surface area contributed by atoms with Gasteiger partial charge in [0, 0.05) is 45.9 Å². The molecule has 44 heavy (non-hydrogen) atoms. The first-order valence-electron chi connectivity index (χ1n) is 13.9. The number of esters is 1. The highest BCUT2D eigenvalue weighted by Crippen LogP contribution is 2.33. The Balaban J connectivity index is 1.54. The zero-order chi connectivity index (χ0) is 31.1. The fourth-order valence-electron chi connectivity index (χ4n) is 5.57. The van der Waals surface area contributed by atoms with Crippen LogP contribution in [0.15, 0.2) is 94.0 Å². The van der Waals surface area contributed by atoms with Gasteiger partial charge in [-0.25, -0.2) is 9.79 Å². The number of hydrogen-bond acceptors (Lipinski definition) is 7. The third kappa shape index (κ3) is 5.16. The zero-order valence-electron chi connectivity index (χ0n) is 24.1. The Morgan fingerprint density at radius 3 is 2.64 bits per heavy atom. The number of ether oxygens (including phenoxy) is 1. The summed E-state index contributed by atoms with van der Waals surface area (Å²) in [6.45, 7) is 5.68. The molecule has 11 heteroatoms. The molecule has 0 saturated carbocycles. The van der Waals surface area contributed by atoms with Crippen molar-refractivity contribution < 1.29 is 14.5 Å². The monoisotopic (exact) mass is 626 g/mol. The highest BCUT2D eigenvalue weighted by Gasteiger charge is 2.34. The molecular formula is C33H27ClN4O5S. The van der Waals surface area contributed by atoms with E-state index in [9.17, 15) is 19.7 Å². The van der Waals surface area contributed by atoms with Crippen LogP contribution in [0.25, 0.3) is 17.0 Å². The summed E-state index contributed by atoms with van der Waals surface area (Å²) in [6, 6.07) is 19.4. The third-order valence-corrected chi connectivity index (χ3v) is 9.02. The topological polar surface area (TPSA) is 109 Å². The van der Waals surface area contributed by atoms with E-state index in [0.717, 1.165) is 22.0 Å². The molecule has 1 aliphatic heterocycles. The zero-order valence-corrected chi connectivity index (χ0v) is 25.7. The minimum absolute atomic E-state index is 0.103. The maximum absolute atomic E-state index is 14.1. The number of nitro benzene ring substituents is 1. The van der Waals surface area contributed by atoms with Gasteiger partial charge in [-0.15, -0.1) is 0 Å². The Morgan fingerprint density at radius 2 is 1.89 bits per heavy atom. The number of carbonyl (C=O) groups is 1. The summed E-state index contributed by atoms with van der Waals surface area (Å²) in [5.74, 6) is -0.626. The predicted molar refractivity (Wildman–Crippen MR) is 171 cm³/mol. The molecule has 5 aromatic rings. The number of nitro groups is 1. The van der Waals surface area contributed by atoms with Gasteiger partial charge in [-0.05, 0) is 50.1 Å². The summed E-state index contributed by atoms with van der Waals surface area (Å²) in [7, 11) is 0. The Hall–Kier alpha value is -4.80. The molecule has 3 heterocycles. The molecule has 0 fully saturated rings. The van der Waals surface area contributed by atoms with Gasteiger partial charge < -0.3 is 9.30 Å². The quantitative estimate of drug-likeness (QED) is 0.131. The van der Waals surface area contributed by atoms with Gasteiger partial charge >= 0.3 is 5.97 Å². The van der Waals surface area contributed by atoms with Gasteiger partial charge in [0.15, 0.2) is 4.80 Å². The lowest BCUT2D eigenvalue weighted by Gasteiger charge is -2.24. The molecule has 0 bridgehead atoms. The molecular weight excluding hydrogens is 600 g/mol. The van der Waals surface area contributed by atoms with Crippen molar-refractivity contribution in [1.82, 2.24) is 9.13 Å². The Morgan fingerprint density at radius 1 is 1.14 bits per heavy atom. The molecule has 2 aromatic heterocycles. The molecule has 9 nitrogen and oxygen atoms in total. The largest absolute Gasteiger partial charge is 0.463 e. The minimum Gasteiger partial charge on any atom is -0.463 e. The SMILES string of the molecule is CCOC(=O)C1=C(C)N=c2s/c(=C/c3cn(Cc4ccccc4Cl)c4ccccc34)c(=O)n2[C@H]1c1ccc(C)c([N+](=O)[O-])c1. The van der Waals surface area contributed by atoms with Crippen LogP contribution in [-0.4, -0.2) is 26.6 Å². The average Bonchev–Trinajstić information content (AvgIpc) is 3.50. The van der Waals surface area contributed by atoms with Crippen molar-refractivity contribution in [1.29, 1.82) is 0 Å². The normalized spacial score (nSPS) is 14.9. The molecule has 0 N–H and O–H groups in total. The smallest absolute Gasteiger partial charge is 0.338 e. The first-order chi connectivity index (χ1) is 21.2. The maximum atomic E-state index is 14.1. The molecule has 6 rings (SSSR count). The van der Waals surface area contributed by atoms with E-state index in [4.69, 9.17) is 16.3 Å². The number of thiazole rings is 1. The number of hydrogen-bond donors (Lipinski definition) is 0. The Kier molecular flexibility index (Phi) is 7.79. The maximum Gasteiger partial charge on any atom is 0.338 e. The number of aromatic nitrogens is 2. The number of aryl methyl sites for hydroxylation is 1. The first-order valence-corrected chi connectivity index (χ1v) is 15.1. The van der Waals surface area contributed by atoms with Crippen LogP contribution in [0.1, 0.15) is 42.1 Å².